The van der Waals surface area contributed by atoms with Gasteiger partial charge in [0, 0.05) is 29.9 Å². The van der Waals surface area contributed by atoms with E-state index in [1.807, 2.05) is 24.3 Å². The number of anilines is 1. The van der Waals surface area contributed by atoms with Crippen LogP contribution >= 0.6 is 0 Å². The van der Waals surface area contributed by atoms with Crippen molar-refractivity contribution in [1.82, 2.24) is 4.90 Å². The third kappa shape index (κ3) is 4.72. The van der Waals surface area contributed by atoms with Crippen LogP contribution in [0.4, 0.5) is 10.1 Å². The summed E-state index contributed by atoms with van der Waals surface area (Å²) in [6.07, 6.45) is -0.637. The molecular weight excluding hydrogens is 411 g/mol. The molecule has 4 rings (SSSR count). The highest BCUT2D eigenvalue weighted by molar-refractivity contribution is 6.04. The molecule has 2 amide bonds. The van der Waals surface area contributed by atoms with Crippen molar-refractivity contribution >= 4 is 17.5 Å². The molecule has 6 nitrogen and oxygen atoms in total. The molecule has 0 saturated heterocycles. The molecule has 0 fully saturated rings. The molecule has 0 radical (unpaired) electrons. The number of nitrogens with zero attached hydrogens (tertiary/aromatic N) is 1. The summed E-state index contributed by atoms with van der Waals surface area (Å²) >= 11 is 0. The zero-order valence-corrected chi connectivity index (χ0v) is 17.8. The highest BCUT2D eigenvalue weighted by Gasteiger charge is 2.28. The smallest absolute Gasteiger partial charge is 0.263 e. The Morgan fingerprint density at radius 3 is 2.69 bits per heavy atom. The lowest BCUT2D eigenvalue weighted by molar-refractivity contribution is -0.138. The normalized spacial score (nSPS) is 15.4. The fourth-order valence-electron chi connectivity index (χ4n) is 3.61. The van der Waals surface area contributed by atoms with Crippen molar-refractivity contribution in [3.05, 3.63) is 89.2 Å². The van der Waals surface area contributed by atoms with Crippen molar-refractivity contribution < 1.29 is 23.5 Å². The van der Waals surface area contributed by atoms with Crippen molar-refractivity contribution in [3.63, 3.8) is 0 Å². The van der Waals surface area contributed by atoms with Crippen LogP contribution in [-0.2, 0) is 17.9 Å². The quantitative estimate of drug-likeness (QED) is 0.647. The van der Waals surface area contributed by atoms with Gasteiger partial charge in [0.2, 0.25) is 0 Å². The Bertz CT molecular complexity index is 1150. The summed E-state index contributed by atoms with van der Waals surface area (Å²) in [4.78, 5) is 27.1. The molecule has 0 aliphatic carbocycles. The van der Waals surface area contributed by atoms with Gasteiger partial charge in [-0.15, -0.1) is 0 Å². The van der Waals surface area contributed by atoms with Gasteiger partial charge < -0.3 is 19.7 Å². The monoisotopic (exact) mass is 434 g/mol. The van der Waals surface area contributed by atoms with Gasteiger partial charge in [0.15, 0.2) is 6.10 Å². The van der Waals surface area contributed by atoms with Gasteiger partial charge in [-0.3, -0.25) is 9.59 Å². The first-order valence-corrected chi connectivity index (χ1v) is 10.2. The predicted octanol–water partition coefficient (Wildman–Crippen LogP) is 4.40. The summed E-state index contributed by atoms with van der Waals surface area (Å²) in [5.41, 5.74) is 2.63. The molecule has 1 unspecified atom stereocenters. The van der Waals surface area contributed by atoms with Crippen LogP contribution in [0, 0.1) is 5.82 Å². The van der Waals surface area contributed by atoms with E-state index in [1.54, 1.807) is 37.1 Å². The van der Waals surface area contributed by atoms with Gasteiger partial charge in [0.25, 0.3) is 11.8 Å². The van der Waals surface area contributed by atoms with Crippen LogP contribution in [0.15, 0.2) is 66.7 Å². The van der Waals surface area contributed by atoms with Crippen molar-refractivity contribution in [3.8, 4) is 11.5 Å². The molecule has 1 atom stereocenters. The maximum Gasteiger partial charge on any atom is 0.263 e. The number of benzene rings is 3. The number of hydrogen-bond acceptors (Lipinski definition) is 4. The summed E-state index contributed by atoms with van der Waals surface area (Å²) in [5.74, 6) is 0.441. The number of nitrogens with one attached hydrogen (secondary N) is 1. The van der Waals surface area contributed by atoms with E-state index < -0.39 is 11.9 Å². The van der Waals surface area contributed by atoms with E-state index in [2.05, 4.69) is 5.32 Å². The van der Waals surface area contributed by atoms with Gasteiger partial charge in [-0.1, -0.05) is 12.1 Å². The summed E-state index contributed by atoms with van der Waals surface area (Å²) < 4.78 is 24.3. The highest BCUT2D eigenvalue weighted by atomic mass is 19.1. The van der Waals surface area contributed by atoms with E-state index in [1.165, 1.54) is 24.3 Å². The van der Waals surface area contributed by atoms with Crippen LogP contribution in [-0.4, -0.2) is 29.9 Å². The second-order valence-electron chi connectivity index (χ2n) is 7.59. The van der Waals surface area contributed by atoms with E-state index in [0.29, 0.717) is 30.1 Å². The molecule has 7 heteroatoms. The molecule has 0 saturated carbocycles. The predicted molar refractivity (Wildman–Crippen MR) is 118 cm³/mol. The van der Waals surface area contributed by atoms with Gasteiger partial charge in [0.05, 0.1) is 7.11 Å². The van der Waals surface area contributed by atoms with Crippen LogP contribution in [0.5, 0.6) is 11.5 Å². The largest absolute Gasteiger partial charge is 0.497 e. The van der Waals surface area contributed by atoms with Crippen LogP contribution in [0.2, 0.25) is 0 Å². The molecular formula is C25H23FN2O4. The zero-order chi connectivity index (χ0) is 22.7. The first kappa shape index (κ1) is 21.4. The lowest BCUT2D eigenvalue weighted by Gasteiger charge is -2.22. The van der Waals surface area contributed by atoms with E-state index in [9.17, 15) is 14.0 Å². The third-order valence-corrected chi connectivity index (χ3v) is 5.26. The first-order chi connectivity index (χ1) is 15.4. The van der Waals surface area contributed by atoms with Gasteiger partial charge in [-0.25, -0.2) is 4.39 Å². The van der Waals surface area contributed by atoms with Crippen molar-refractivity contribution in [2.24, 2.45) is 0 Å². The average molecular weight is 434 g/mol. The maximum atomic E-state index is 13.1. The Kier molecular flexibility index (Phi) is 6.07. The van der Waals surface area contributed by atoms with Gasteiger partial charge in [0.1, 0.15) is 17.3 Å². The summed E-state index contributed by atoms with van der Waals surface area (Å²) in [6, 6.07) is 18.1. The van der Waals surface area contributed by atoms with Crippen LogP contribution in [0.3, 0.4) is 0 Å². The number of halogens is 1. The van der Waals surface area contributed by atoms with Crippen molar-refractivity contribution in [2.45, 2.75) is 26.1 Å². The van der Waals surface area contributed by atoms with E-state index in [4.69, 9.17) is 9.47 Å². The number of carbonyl (C=O) groups excluding carboxylic acids is 2. The molecule has 3 aromatic rings. The first-order valence-electron chi connectivity index (χ1n) is 10.2. The number of amides is 2. The molecule has 1 aliphatic rings. The Labute approximate surface area is 185 Å². The van der Waals surface area contributed by atoms with Crippen LogP contribution in [0.1, 0.15) is 28.4 Å². The summed E-state index contributed by atoms with van der Waals surface area (Å²) in [6.45, 7) is 2.45. The van der Waals surface area contributed by atoms with Crippen molar-refractivity contribution in [1.29, 1.82) is 0 Å². The second-order valence-corrected chi connectivity index (χ2v) is 7.59. The Morgan fingerprint density at radius 1 is 1.16 bits per heavy atom. The van der Waals surface area contributed by atoms with Gasteiger partial charge in [-0.05, 0) is 67.1 Å². The Hall–Kier alpha value is -3.87. The van der Waals surface area contributed by atoms with Crippen LogP contribution < -0.4 is 14.8 Å². The molecule has 1 N–H and O–H groups in total. The standard InChI is InChI=1S/C25H23FN2O4/c1-16-25(30)28(14-17-4-3-5-22(12-17)31-2)15-19-13-21(10-11-23(19)32-16)27-24(29)18-6-8-20(26)9-7-18/h3-13,16H,14-15H2,1-2H3,(H,27,29). The fraction of sp³-hybridized carbons (Fsp3) is 0.200. The van der Waals surface area contributed by atoms with Gasteiger partial charge in [-0.2, -0.15) is 0 Å². The summed E-state index contributed by atoms with van der Waals surface area (Å²) in [5, 5.41) is 2.81. The minimum atomic E-state index is -0.637. The number of rotatable bonds is 5. The minimum absolute atomic E-state index is 0.124. The average Bonchev–Trinajstić information content (AvgIpc) is 2.90. The highest BCUT2D eigenvalue weighted by Crippen LogP contribution is 2.30. The SMILES string of the molecule is COc1cccc(CN2Cc3cc(NC(=O)c4ccc(F)cc4)ccc3OC(C)C2=O)c1. The Morgan fingerprint density at radius 2 is 1.94 bits per heavy atom. The topological polar surface area (TPSA) is 67.9 Å². The second kappa shape index (κ2) is 9.09. The van der Waals surface area contributed by atoms with E-state index in [0.717, 1.165) is 16.9 Å². The number of hydrogen-bond donors (Lipinski definition) is 1. The molecule has 0 bridgehead atoms. The summed E-state index contributed by atoms with van der Waals surface area (Å²) in [7, 11) is 1.60. The number of methoxy groups -OCH3 is 1. The molecule has 32 heavy (non-hydrogen) atoms. The number of ether oxygens (including phenoxy) is 2. The number of fused-ring (bicyclic) bond motifs is 1. The van der Waals surface area contributed by atoms with Gasteiger partial charge >= 0.3 is 0 Å². The Balaban J connectivity index is 1.56. The minimum Gasteiger partial charge on any atom is -0.497 e. The third-order valence-electron chi connectivity index (χ3n) is 5.26. The molecule has 0 spiro atoms. The molecule has 0 aromatic heterocycles. The van der Waals surface area contributed by atoms with E-state index in [-0.39, 0.29) is 11.8 Å². The van der Waals surface area contributed by atoms with Crippen LogP contribution in [0.25, 0.3) is 0 Å². The zero-order valence-electron chi connectivity index (χ0n) is 17.8. The maximum absolute atomic E-state index is 13.1. The van der Waals surface area contributed by atoms with E-state index >= 15 is 0 Å². The number of carbonyl (C=O) groups is 2. The molecule has 1 aliphatic heterocycles. The fourth-order valence-corrected chi connectivity index (χ4v) is 3.61. The molecule has 1 heterocycles. The van der Waals surface area contributed by atoms with Crippen molar-refractivity contribution in [2.75, 3.05) is 12.4 Å². The lowest BCUT2D eigenvalue weighted by Crippen LogP contribution is -2.37. The lowest BCUT2D eigenvalue weighted by atomic mass is 10.1. The molecule has 3 aromatic carbocycles. The molecule has 164 valence electrons.